The third-order valence-corrected chi connectivity index (χ3v) is 4.65. The van der Waals surface area contributed by atoms with Gasteiger partial charge in [-0.1, -0.05) is 42.5 Å². The van der Waals surface area contributed by atoms with E-state index in [-0.39, 0.29) is 24.4 Å². The van der Waals surface area contributed by atoms with Crippen molar-refractivity contribution in [2.24, 2.45) is 0 Å². The summed E-state index contributed by atoms with van der Waals surface area (Å²) >= 11 is 3.40. The Balaban J connectivity index is 1.72. The Bertz CT molecular complexity index is 737. The highest BCUT2D eigenvalue weighted by molar-refractivity contribution is 9.10. The molecule has 0 aliphatic heterocycles. The van der Waals surface area contributed by atoms with Gasteiger partial charge in [-0.15, -0.1) is 0 Å². The van der Waals surface area contributed by atoms with Gasteiger partial charge in [0.15, 0.2) is 0 Å². The van der Waals surface area contributed by atoms with Crippen LogP contribution in [0.25, 0.3) is 0 Å². The standard InChI is InChI=1S/C20H24BrN3O2/c1-15(16-8-4-3-5-9-16)22-19(25)12-13-24(2)14-20(26)23-18-11-7-6-10-17(18)21/h3-11,15H,12-14H2,1-2H3,(H,22,25)(H,23,26). The molecule has 2 rings (SSSR count). The van der Waals surface area contributed by atoms with Gasteiger partial charge in [0.1, 0.15) is 0 Å². The van der Waals surface area contributed by atoms with Gasteiger partial charge in [0, 0.05) is 17.4 Å². The maximum Gasteiger partial charge on any atom is 0.238 e. The Kier molecular flexibility index (Phi) is 7.81. The number of halogens is 1. The third-order valence-electron chi connectivity index (χ3n) is 3.96. The highest BCUT2D eigenvalue weighted by atomic mass is 79.9. The normalized spacial score (nSPS) is 11.8. The van der Waals surface area contributed by atoms with Gasteiger partial charge < -0.3 is 10.6 Å². The predicted molar refractivity (Wildman–Crippen MR) is 108 cm³/mol. The number of carbonyl (C=O) groups is 2. The number of benzene rings is 2. The Hall–Kier alpha value is -2.18. The minimum atomic E-state index is -0.113. The van der Waals surface area contributed by atoms with E-state index >= 15 is 0 Å². The van der Waals surface area contributed by atoms with Crippen LogP contribution in [0.3, 0.4) is 0 Å². The zero-order chi connectivity index (χ0) is 18.9. The van der Waals surface area contributed by atoms with Crippen LogP contribution in [-0.2, 0) is 9.59 Å². The molecule has 0 aliphatic carbocycles. The largest absolute Gasteiger partial charge is 0.350 e. The van der Waals surface area contributed by atoms with Crippen LogP contribution in [0, 0.1) is 0 Å². The number of anilines is 1. The molecule has 0 spiro atoms. The van der Waals surface area contributed by atoms with Crippen molar-refractivity contribution in [3.05, 3.63) is 64.6 Å². The molecule has 26 heavy (non-hydrogen) atoms. The fraction of sp³-hybridized carbons (Fsp3) is 0.300. The van der Waals surface area contributed by atoms with Crippen molar-refractivity contribution < 1.29 is 9.59 Å². The number of nitrogens with zero attached hydrogens (tertiary/aromatic N) is 1. The number of likely N-dealkylation sites (N-methyl/N-ethyl adjacent to an activating group) is 1. The summed E-state index contributed by atoms with van der Waals surface area (Å²) in [7, 11) is 1.83. The van der Waals surface area contributed by atoms with Gasteiger partial charge in [-0.25, -0.2) is 0 Å². The topological polar surface area (TPSA) is 61.4 Å². The van der Waals surface area contributed by atoms with Gasteiger partial charge in [-0.3, -0.25) is 14.5 Å². The van der Waals surface area contributed by atoms with E-state index in [0.29, 0.717) is 13.0 Å². The van der Waals surface area contributed by atoms with Crippen LogP contribution in [0.5, 0.6) is 0 Å². The molecule has 2 amide bonds. The van der Waals surface area contributed by atoms with Crippen molar-refractivity contribution in [3.8, 4) is 0 Å². The summed E-state index contributed by atoms with van der Waals surface area (Å²) in [5, 5.41) is 5.83. The van der Waals surface area contributed by atoms with Crippen LogP contribution in [-0.4, -0.2) is 36.9 Å². The average molecular weight is 418 g/mol. The van der Waals surface area contributed by atoms with Gasteiger partial charge in [-0.05, 0) is 47.6 Å². The van der Waals surface area contributed by atoms with E-state index in [9.17, 15) is 9.59 Å². The van der Waals surface area contributed by atoms with Gasteiger partial charge >= 0.3 is 0 Å². The minimum Gasteiger partial charge on any atom is -0.350 e. The second kappa shape index (κ2) is 10.1. The number of amides is 2. The molecule has 0 radical (unpaired) electrons. The molecule has 0 aliphatic rings. The van der Waals surface area contributed by atoms with Crippen molar-refractivity contribution in [1.29, 1.82) is 0 Å². The molecular weight excluding hydrogens is 394 g/mol. The molecule has 0 heterocycles. The highest BCUT2D eigenvalue weighted by Gasteiger charge is 2.12. The first-order valence-electron chi connectivity index (χ1n) is 8.53. The van der Waals surface area contributed by atoms with Crippen LogP contribution in [0.1, 0.15) is 24.9 Å². The second-order valence-electron chi connectivity index (χ2n) is 6.22. The van der Waals surface area contributed by atoms with E-state index in [1.165, 1.54) is 0 Å². The fourth-order valence-corrected chi connectivity index (χ4v) is 2.89. The van der Waals surface area contributed by atoms with Gasteiger partial charge in [-0.2, -0.15) is 0 Å². The molecule has 0 bridgehead atoms. The molecule has 138 valence electrons. The number of rotatable bonds is 8. The Morgan fingerprint density at radius 2 is 1.69 bits per heavy atom. The van der Waals surface area contributed by atoms with Crippen LogP contribution in [0.15, 0.2) is 59.1 Å². The molecule has 0 aromatic heterocycles. The van der Waals surface area contributed by atoms with E-state index in [4.69, 9.17) is 0 Å². The first-order chi connectivity index (χ1) is 12.5. The molecule has 0 saturated heterocycles. The Morgan fingerprint density at radius 3 is 2.38 bits per heavy atom. The summed E-state index contributed by atoms with van der Waals surface area (Å²) in [6.45, 7) is 2.70. The average Bonchev–Trinajstić information content (AvgIpc) is 2.62. The molecule has 0 saturated carbocycles. The zero-order valence-corrected chi connectivity index (χ0v) is 16.6. The van der Waals surface area contributed by atoms with E-state index in [1.807, 2.05) is 73.5 Å². The van der Waals surface area contributed by atoms with Crippen molar-refractivity contribution in [1.82, 2.24) is 10.2 Å². The maximum atomic E-state index is 12.1. The minimum absolute atomic E-state index is 0.0283. The van der Waals surface area contributed by atoms with Crippen molar-refractivity contribution in [2.75, 3.05) is 25.5 Å². The smallest absolute Gasteiger partial charge is 0.238 e. The second-order valence-corrected chi connectivity index (χ2v) is 7.07. The summed E-state index contributed by atoms with van der Waals surface area (Å²) in [5.41, 5.74) is 1.81. The molecule has 5 nitrogen and oxygen atoms in total. The molecule has 2 N–H and O–H groups in total. The number of hydrogen-bond donors (Lipinski definition) is 2. The maximum absolute atomic E-state index is 12.1. The Morgan fingerprint density at radius 1 is 1.04 bits per heavy atom. The fourth-order valence-electron chi connectivity index (χ4n) is 2.51. The summed E-state index contributed by atoms with van der Waals surface area (Å²) in [5.74, 6) is -0.142. The van der Waals surface area contributed by atoms with E-state index in [0.717, 1.165) is 15.7 Å². The molecule has 1 unspecified atom stereocenters. The summed E-state index contributed by atoms with van der Waals surface area (Å²) < 4.78 is 0.838. The lowest BCUT2D eigenvalue weighted by atomic mass is 10.1. The van der Waals surface area contributed by atoms with Gasteiger partial charge in [0.2, 0.25) is 11.8 Å². The summed E-state index contributed by atoms with van der Waals surface area (Å²) in [6.07, 6.45) is 0.343. The van der Waals surface area contributed by atoms with Crippen LogP contribution in [0.2, 0.25) is 0 Å². The molecule has 2 aromatic carbocycles. The SMILES string of the molecule is CC(NC(=O)CCN(C)CC(=O)Nc1ccccc1Br)c1ccccc1. The van der Waals surface area contributed by atoms with E-state index < -0.39 is 0 Å². The van der Waals surface area contributed by atoms with Crippen molar-refractivity contribution in [3.63, 3.8) is 0 Å². The third kappa shape index (κ3) is 6.61. The number of nitrogens with one attached hydrogen (secondary N) is 2. The lowest BCUT2D eigenvalue weighted by Gasteiger charge is -2.18. The number of para-hydroxylation sites is 1. The van der Waals surface area contributed by atoms with Crippen LogP contribution < -0.4 is 10.6 Å². The van der Waals surface area contributed by atoms with Crippen molar-refractivity contribution in [2.45, 2.75) is 19.4 Å². The molecular formula is C20H24BrN3O2. The molecule has 6 heteroatoms. The lowest BCUT2D eigenvalue weighted by molar-refractivity contribution is -0.123. The molecule has 2 aromatic rings. The van der Waals surface area contributed by atoms with E-state index in [1.54, 1.807) is 0 Å². The summed E-state index contributed by atoms with van der Waals surface area (Å²) in [6, 6.07) is 17.3. The van der Waals surface area contributed by atoms with E-state index in [2.05, 4.69) is 26.6 Å². The monoisotopic (exact) mass is 417 g/mol. The molecule has 0 fully saturated rings. The quantitative estimate of drug-likeness (QED) is 0.689. The summed E-state index contributed by atoms with van der Waals surface area (Å²) in [4.78, 5) is 26.0. The number of hydrogen-bond acceptors (Lipinski definition) is 3. The first kappa shape index (κ1) is 20.1. The lowest BCUT2D eigenvalue weighted by Crippen LogP contribution is -2.34. The first-order valence-corrected chi connectivity index (χ1v) is 9.32. The van der Waals surface area contributed by atoms with Crippen molar-refractivity contribution >= 4 is 33.4 Å². The Labute approximate surface area is 162 Å². The highest BCUT2D eigenvalue weighted by Crippen LogP contribution is 2.20. The zero-order valence-electron chi connectivity index (χ0n) is 15.0. The van der Waals surface area contributed by atoms with Crippen LogP contribution in [0.4, 0.5) is 5.69 Å². The predicted octanol–water partition coefficient (Wildman–Crippen LogP) is 3.59. The number of carbonyl (C=O) groups excluding carboxylic acids is 2. The van der Waals surface area contributed by atoms with Crippen LogP contribution >= 0.6 is 15.9 Å². The molecule has 1 atom stereocenters. The van der Waals surface area contributed by atoms with Gasteiger partial charge in [0.25, 0.3) is 0 Å². The van der Waals surface area contributed by atoms with Gasteiger partial charge in [0.05, 0.1) is 18.3 Å².